The van der Waals surface area contributed by atoms with E-state index in [4.69, 9.17) is 12.2 Å². The van der Waals surface area contributed by atoms with E-state index in [1.807, 2.05) is 0 Å². The van der Waals surface area contributed by atoms with Gasteiger partial charge < -0.3 is 5.73 Å². The summed E-state index contributed by atoms with van der Waals surface area (Å²) < 4.78 is 38.9. The lowest BCUT2D eigenvalue weighted by molar-refractivity contribution is 0.462. The molecule has 0 atom stereocenters. The lowest BCUT2D eigenvalue weighted by atomic mass is 10.2. The molecule has 0 heterocycles. The summed E-state index contributed by atoms with van der Waals surface area (Å²) in [5, 5.41) is 0. The van der Waals surface area contributed by atoms with Gasteiger partial charge in [0.05, 0.1) is 11.4 Å². The molecule has 98 valence electrons. The minimum Gasteiger partial charge on any atom is -0.326 e. The second kappa shape index (κ2) is 5.96. The van der Waals surface area contributed by atoms with Crippen LogP contribution in [0, 0.1) is 18.2 Å². The Morgan fingerprint density at radius 2 is 2.17 bits per heavy atom. The number of rotatable bonds is 5. The van der Waals surface area contributed by atoms with Crippen LogP contribution < -0.4 is 5.73 Å². The van der Waals surface area contributed by atoms with Crippen molar-refractivity contribution in [3.05, 3.63) is 29.6 Å². The summed E-state index contributed by atoms with van der Waals surface area (Å²) in [6.45, 7) is 1.84. The van der Waals surface area contributed by atoms with E-state index in [0.717, 1.165) is 10.4 Å². The van der Waals surface area contributed by atoms with E-state index in [9.17, 15) is 12.8 Å². The van der Waals surface area contributed by atoms with E-state index in [2.05, 4.69) is 5.92 Å². The van der Waals surface area contributed by atoms with Crippen LogP contribution in [0.3, 0.4) is 0 Å². The number of hydrogen-bond donors (Lipinski definition) is 1. The molecule has 0 bridgehead atoms. The van der Waals surface area contributed by atoms with Gasteiger partial charge in [0.15, 0.2) is 0 Å². The number of sulfonamides is 1. The van der Waals surface area contributed by atoms with Crippen molar-refractivity contribution in [3.8, 4) is 12.3 Å². The van der Waals surface area contributed by atoms with Crippen LogP contribution >= 0.6 is 0 Å². The minimum absolute atomic E-state index is 0.0163. The van der Waals surface area contributed by atoms with Gasteiger partial charge in [-0.3, -0.25) is 0 Å². The highest BCUT2D eigenvalue weighted by Crippen LogP contribution is 2.21. The molecule has 0 aliphatic carbocycles. The van der Waals surface area contributed by atoms with E-state index in [1.165, 1.54) is 12.1 Å². The molecule has 0 aliphatic rings. The maximum absolute atomic E-state index is 13.2. The molecule has 0 radical (unpaired) electrons. The molecule has 1 rings (SSSR count). The maximum Gasteiger partial charge on any atom is 0.244 e. The number of nitrogens with zero attached hydrogens (tertiary/aromatic N) is 1. The predicted molar refractivity (Wildman–Crippen MR) is 67.6 cm³/mol. The smallest absolute Gasteiger partial charge is 0.244 e. The summed E-state index contributed by atoms with van der Waals surface area (Å²) in [7, 11) is -3.81. The number of halogens is 1. The van der Waals surface area contributed by atoms with Crippen molar-refractivity contribution in [2.24, 2.45) is 5.73 Å². The van der Waals surface area contributed by atoms with Crippen LogP contribution in [-0.2, 0) is 16.6 Å². The molecule has 0 saturated heterocycles. The van der Waals surface area contributed by atoms with Gasteiger partial charge in [-0.1, -0.05) is 18.9 Å². The zero-order valence-corrected chi connectivity index (χ0v) is 10.9. The fraction of sp³-hybridized carbons (Fsp3) is 0.333. The number of terminal acetylenes is 1. The molecule has 6 heteroatoms. The van der Waals surface area contributed by atoms with Gasteiger partial charge in [-0.2, -0.15) is 4.31 Å². The Kier molecular flexibility index (Phi) is 4.84. The Bertz CT molecular complexity index is 564. The number of benzene rings is 1. The standard InChI is InChI=1S/C12H15FN2O2S/c1-3-7-15(4-2)18(16,17)12-8-11(13)6-5-10(12)9-14/h1,5-6,8H,4,7,9,14H2,2H3. The minimum atomic E-state index is -3.81. The molecular weight excluding hydrogens is 255 g/mol. The summed E-state index contributed by atoms with van der Waals surface area (Å²) in [6, 6.07) is 3.52. The Hall–Kier alpha value is -1.42. The lowest BCUT2D eigenvalue weighted by Crippen LogP contribution is -2.32. The van der Waals surface area contributed by atoms with E-state index in [-0.39, 0.29) is 24.5 Å². The largest absolute Gasteiger partial charge is 0.326 e. The second-order valence-corrected chi connectivity index (χ2v) is 5.50. The Labute approximate surface area is 107 Å². The van der Waals surface area contributed by atoms with Crippen molar-refractivity contribution in [1.29, 1.82) is 0 Å². The first-order valence-electron chi connectivity index (χ1n) is 5.39. The number of hydrogen-bond acceptors (Lipinski definition) is 3. The van der Waals surface area contributed by atoms with Crippen LogP contribution in [0.5, 0.6) is 0 Å². The molecular formula is C12H15FN2O2S. The van der Waals surface area contributed by atoms with Crippen LogP contribution in [0.2, 0.25) is 0 Å². The van der Waals surface area contributed by atoms with Gasteiger partial charge in [0.1, 0.15) is 5.82 Å². The fourth-order valence-electron chi connectivity index (χ4n) is 1.54. The molecule has 2 N–H and O–H groups in total. The van der Waals surface area contributed by atoms with Gasteiger partial charge in [0, 0.05) is 13.1 Å². The fourth-order valence-corrected chi connectivity index (χ4v) is 3.15. The van der Waals surface area contributed by atoms with Crippen LogP contribution in [-0.4, -0.2) is 25.8 Å². The lowest BCUT2D eigenvalue weighted by Gasteiger charge is -2.19. The molecule has 0 unspecified atom stereocenters. The molecule has 0 saturated carbocycles. The molecule has 1 aromatic carbocycles. The third-order valence-electron chi connectivity index (χ3n) is 2.49. The van der Waals surface area contributed by atoms with E-state index >= 15 is 0 Å². The van der Waals surface area contributed by atoms with E-state index in [1.54, 1.807) is 6.92 Å². The van der Waals surface area contributed by atoms with Gasteiger partial charge in [-0.15, -0.1) is 6.42 Å². The third kappa shape index (κ3) is 2.88. The van der Waals surface area contributed by atoms with Crippen LogP contribution in [0.25, 0.3) is 0 Å². The Morgan fingerprint density at radius 3 is 2.67 bits per heavy atom. The van der Waals surface area contributed by atoms with Crippen molar-refractivity contribution < 1.29 is 12.8 Å². The summed E-state index contributed by atoms with van der Waals surface area (Å²) in [6.07, 6.45) is 5.13. The SMILES string of the molecule is C#CCN(CC)S(=O)(=O)c1cc(F)ccc1CN. The highest BCUT2D eigenvalue weighted by Gasteiger charge is 2.25. The molecule has 0 fully saturated rings. The maximum atomic E-state index is 13.2. The quantitative estimate of drug-likeness (QED) is 0.810. The second-order valence-electron chi connectivity index (χ2n) is 3.59. The summed E-state index contributed by atoms with van der Waals surface area (Å²) in [5.74, 6) is 1.65. The van der Waals surface area contributed by atoms with Crippen molar-refractivity contribution in [2.45, 2.75) is 18.4 Å². The summed E-state index contributed by atoms with van der Waals surface area (Å²) >= 11 is 0. The highest BCUT2D eigenvalue weighted by molar-refractivity contribution is 7.89. The molecule has 0 spiro atoms. The first kappa shape index (κ1) is 14.6. The molecule has 18 heavy (non-hydrogen) atoms. The normalized spacial score (nSPS) is 11.5. The van der Waals surface area contributed by atoms with Gasteiger partial charge in [-0.05, 0) is 17.7 Å². The zero-order valence-electron chi connectivity index (χ0n) is 10.1. The van der Waals surface area contributed by atoms with Crippen molar-refractivity contribution in [3.63, 3.8) is 0 Å². The molecule has 0 amide bonds. The Balaban J connectivity index is 3.35. The first-order chi connectivity index (χ1) is 8.47. The highest BCUT2D eigenvalue weighted by atomic mass is 32.2. The van der Waals surface area contributed by atoms with Crippen molar-refractivity contribution in [2.75, 3.05) is 13.1 Å². The summed E-state index contributed by atoms with van der Waals surface area (Å²) in [4.78, 5) is -0.123. The molecule has 1 aromatic rings. The molecule has 0 aromatic heterocycles. The van der Waals surface area contributed by atoms with E-state index in [0.29, 0.717) is 5.56 Å². The van der Waals surface area contributed by atoms with Crippen molar-refractivity contribution in [1.82, 2.24) is 4.31 Å². The van der Waals surface area contributed by atoms with Gasteiger partial charge >= 0.3 is 0 Å². The van der Waals surface area contributed by atoms with Gasteiger partial charge in [0.25, 0.3) is 0 Å². The average Bonchev–Trinajstić information content (AvgIpc) is 2.35. The topological polar surface area (TPSA) is 63.4 Å². The molecule has 0 aliphatic heterocycles. The molecule has 4 nitrogen and oxygen atoms in total. The monoisotopic (exact) mass is 270 g/mol. The predicted octanol–water partition coefficient (Wildman–Crippen LogP) is 0.928. The Morgan fingerprint density at radius 1 is 1.50 bits per heavy atom. The number of nitrogens with two attached hydrogens (primary N) is 1. The van der Waals surface area contributed by atoms with Crippen LogP contribution in [0.15, 0.2) is 23.1 Å². The van der Waals surface area contributed by atoms with Crippen molar-refractivity contribution >= 4 is 10.0 Å². The van der Waals surface area contributed by atoms with Crippen LogP contribution in [0.1, 0.15) is 12.5 Å². The average molecular weight is 270 g/mol. The zero-order chi connectivity index (χ0) is 13.8. The third-order valence-corrected chi connectivity index (χ3v) is 4.49. The summed E-state index contributed by atoms with van der Waals surface area (Å²) in [5.41, 5.74) is 5.83. The van der Waals surface area contributed by atoms with E-state index < -0.39 is 15.8 Å². The first-order valence-corrected chi connectivity index (χ1v) is 6.83. The van der Waals surface area contributed by atoms with Gasteiger partial charge in [-0.25, -0.2) is 12.8 Å². The van der Waals surface area contributed by atoms with Gasteiger partial charge in [0.2, 0.25) is 10.0 Å². The van der Waals surface area contributed by atoms with Crippen LogP contribution in [0.4, 0.5) is 4.39 Å².